The summed E-state index contributed by atoms with van der Waals surface area (Å²) in [6, 6.07) is 6.82. The Balaban J connectivity index is 2.17. The molecule has 3 nitrogen and oxygen atoms in total. The summed E-state index contributed by atoms with van der Waals surface area (Å²) in [6.07, 6.45) is 1.80. The van der Waals surface area contributed by atoms with Gasteiger partial charge in [-0.05, 0) is 43.9 Å². The fourth-order valence-electron chi connectivity index (χ4n) is 3.09. The van der Waals surface area contributed by atoms with Crippen molar-refractivity contribution < 1.29 is 4.79 Å². The van der Waals surface area contributed by atoms with Crippen molar-refractivity contribution in [1.82, 2.24) is 10.2 Å². The van der Waals surface area contributed by atoms with Gasteiger partial charge in [-0.3, -0.25) is 4.79 Å². The number of carbonyl (C=O) groups is 1. The molecule has 1 saturated heterocycles. The Morgan fingerprint density at radius 3 is 2.76 bits per heavy atom. The van der Waals surface area contributed by atoms with Crippen LogP contribution in [0.4, 0.5) is 0 Å². The first kappa shape index (κ1) is 16.0. The Morgan fingerprint density at radius 1 is 1.38 bits per heavy atom. The number of amides is 1. The number of benzene rings is 1. The zero-order valence-electron chi connectivity index (χ0n) is 13.8. The number of rotatable bonds is 6. The van der Waals surface area contributed by atoms with Crippen molar-refractivity contribution in [3.63, 3.8) is 0 Å². The van der Waals surface area contributed by atoms with Crippen LogP contribution in [0.1, 0.15) is 49.4 Å². The molecule has 1 N–H and O–H groups in total. The maximum Gasteiger partial charge on any atom is 0.222 e. The van der Waals surface area contributed by atoms with Crippen molar-refractivity contribution in [2.45, 2.75) is 46.6 Å². The maximum atomic E-state index is 12.1. The molecule has 0 aromatic heterocycles. The third-order valence-electron chi connectivity index (χ3n) is 4.26. The summed E-state index contributed by atoms with van der Waals surface area (Å²) in [5.74, 6) is 0.791. The highest BCUT2D eigenvalue weighted by Crippen LogP contribution is 2.24. The lowest BCUT2D eigenvalue weighted by Gasteiger charge is -2.27. The second kappa shape index (κ2) is 7.08. The Labute approximate surface area is 128 Å². The highest BCUT2D eigenvalue weighted by atomic mass is 16.2. The highest BCUT2D eigenvalue weighted by molar-refractivity contribution is 5.78. The normalized spacial score (nSPS) is 20.1. The van der Waals surface area contributed by atoms with Crippen LogP contribution in [-0.2, 0) is 4.79 Å². The van der Waals surface area contributed by atoms with Gasteiger partial charge in [-0.2, -0.15) is 0 Å². The second-order valence-corrected chi connectivity index (χ2v) is 6.47. The van der Waals surface area contributed by atoms with Crippen LogP contribution in [0, 0.1) is 19.8 Å². The fraction of sp³-hybridized carbons (Fsp3) is 0.611. The van der Waals surface area contributed by atoms with Gasteiger partial charge in [0.05, 0.1) is 6.04 Å². The van der Waals surface area contributed by atoms with E-state index in [1.807, 2.05) is 4.90 Å². The Hall–Kier alpha value is -1.35. The van der Waals surface area contributed by atoms with Crippen LogP contribution in [0.25, 0.3) is 0 Å². The zero-order chi connectivity index (χ0) is 15.4. The number of aryl methyl sites for hydroxylation is 2. The Kier molecular flexibility index (Phi) is 5.40. The molecule has 1 aromatic rings. The SMILES string of the molecule is CCCNC(CN1CC(C)CC1=O)c1cc(C)ccc1C. The molecule has 1 aliphatic rings. The van der Waals surface area contributed by atoms with Crippen molar-refractivity contribution >= 4 is 5.91 Å². The standard InChI is InChI=1S/C18H28N2O/c1-5-8-19-17(12-20-11-14(3)10-18(20)21)16-9-13(2)6-7-15(16)4/h6-7,9,14,17,19H,5,8,10-12H2,1-4H3. The average molecular weight is 288 g/mol. The largest absolute Gasteiger partial charge is 0.340 e. The zero-order valence-corrected chi connectivity index (χ0v) is 13.8. The molecule has 116 valence electrons. The van der Waals surface area contributed by atoms with Crippen molar-refractivity contribution in [2.75, 3.05) is 19.6 Å². The van der Waals surface area contributed by atoms with Gasteiger partial charge >= 0.3 is 0 Å². The lowest BCUT2D eigenvalue weighted by molar-refractivity contribution is -0.128. The third kappa shape index (κ3) is 4.07. The van der Waals surface area contributed by atoms with Crippen molar-refractivity contribution in [3.8, 4) is 0 Å². The van der Waals surface area contributed by atoms with Crippen LogP contribution in [0.15, 0.2) is 18.2 Å². The van der Waals surface area contributed by atoms with Crippen LogP contribution in [0.5, 0.6) is 0 Å². The van der Waals surface area contributed by atoms with E-state index in [2.05, 4.69) is 51.2 Å². The first-order valence-corrected chi connectivity index (χ1v) is 8.09. The molecule has 1 heterocycles. The quantitative estimate of drug-likeness (QED) is 0.871. The summed E-state index contributed by atoms with van der Waals surface area (Å²) in [7, 11) is 0. The third-order valence-corrected chi connectivity index (χ3v) is 4.26. The average Bonchev–Trinajstić information content (AvgIpc) is 2.75. The number of nitrogens with zero attached hydrogens (tertiary/aromatic N) is 1. The van der Waals surface area contributed by atoms with E-state index in [1.54, 1.807) is 0 Å². The Bertz CT molecular complexity index is 498. The molecule has 1 fully saturated rings. The van der Waals surface area contributed by atoms with E-state index in [1.165, 1.54) is 16.7 Å². The van der Waals surface area contributed by atoms with Gasteiger partial charge in [0, 0.05) is 19.5 Å². The molecule has 0 bridgehead atoms. The van der Waals surface area contributed by atoms with E-state index >= 15 is 0 Å². The molecule has 21 heavy (non-hydrogen) atoms. The van der Waals surface area contributed by atoms with Gasteiger partial charge in [0.1, 0.15) is 0 Å². The smallest absolute Gasteiger partial charge is 0.222 e. The van der Waals surface area contributed by atoms with Gasteiger partial charge in [-0.15, -0.1) is 0 Å². The van der Waals surface area contributed by atoms with Crippen LogP contribution in [-0.4, -0.2) is 30.4 Å². The van der Waals surface area contributed by atoms with E-state index in [9.17, 15) is 4.79 Å². The molecule has 0 saturated carbocycles. The minimum absolute atomic E-state index is 0.235. The van der Waals surface area contributed by atoms with Gasteiger partial charge in [-0.25, -0.2) is 0 Å². The van der Waals surface area contributed by atoms with Gasteiger partial charge in [0.25, 0.3) is 0 Å². The molecule has 1 aromatic carbocycles. The number of hydrogen-bond donors (Lipinski definition) is 1. The van der Waals surface area contributed by atoms with E-state index in [-0.39, 0.29) is 6.04 Å². The van der Waals surface area contributed by atoms with Gasteiger partial charge in [0.2, 0.25) is 5.91 Å². The summed E-state index contributed by atoms with van der Waals surface area (Å²) < 4.78 is 0. The van der Waals surface area contributed by atoms with Crippen LogP contribution in [0.2, 0.25) is 0 Å². The second-order valence-electron chi connectivity index (χ2n) is 6.47. The lowest BCUT2D eigenvalue weighted by atomic mass is 9.98. The van der Waals surface area contributed by atoms with Crippen LogP contribution in [0.3, 0.4) is 0 Å². The molecule has 2 atom stereocenters. The molecule has 1 amide bonds. The van der Waals surface area contributed by atoms with E-state index < -0.39 is 0 Å². The Morgan fingerprint density at radius 2 is 2.14 bits per heavy atom. The molecular formula is C18H28N2O. The highest BCUT2D eigenvalue weighted by Gasteiger charge is 2.29. The van der Waals surface area contributed by atoms with E-state index in [0.717, 1.165) is 26.1 Å². The van der Waals surface area contributed by atoms with Gasteiger partial charge < -0.3 is 10.2 Å². The predicted molar refractivity (Wildman–Crippen MR) is 87.3 cm³/mol. The summed E-state index contributed by atoms with van der Waals surface area (Å²) in [4.78, 5) is 14.1. The first-order chi connectivity index (χ1) is 10.0. The number of hydrogen-bond acceptors (Lipinski definition) is 2. The summed E-state index contributed by atoms with van der Waals surface area (Å²) in [6.45, 7) is 11.3. The summed E-state index contributed by atoms with van der Waals surface area (Å²) in [5, 5.41) is 3.62. The summed E-state index contributed by atoms with van der Waals surface area (Å²) >= 11 is 0. The van der Waals surface area contributed by atoms with Gasteiger partial charge in [0.15, 0.2) is 0 Å². The predicted octanol–water partition coefficient (Wildman–Crippen LogP) is 3.21. The minimum Gasteiger partial charge on any atom is -0.340 e. The molecule has 2 rings (SSSR count). The maximum absolute atomic E-state index is 12.1. The van der Waals surface area contributed by atoms with Crippen molar-refractivity contribution in [3.05, 3.63) is 34.9 Å². The van der Waals surface area contributed by atoms with Crippen molar-refractivity contribution in [2.24, 2.45) is 5.92 Å². The molecular weight excluding hydrogens is 260 g/mol. The number of likely N-dealkylation sites (tertiary alicyclic amines) is 1. The molecule has 0 aliphatic carbocycles. The molecule has 0 radical (unpaired) electrons. The molecule has 2 unspecified atom stereocenters. The lowest BCUT2D eigenvalue weighted by Crippen LogP contribution is -2.37. The fourth-order valence-corrected chi connectivity index (χ4v) is 3.09. The topological polar surface area (TPSA) is 32.3 Å². The van der Waals surface area contributed by atoms with E-state index in [0.29, 0.717) is 18.2 Å². The van der Waals surface area contributed by atoms with Gasteiger partial charge in [-0.1, -0.05) is 37.6 Å². The van der Waals surface area contributed by atoms with Crippen molar-refractivity contribution in [1.29, 1.82) is 0 Å². The summed E-state index contributed by atoms with van der Waals surface area (Å²) in [5.41, 5.74) is 3.91. The first-order valence-electron chi connectivity index (χ1n) is 8.09. The number of nitrogens with one attached hydrogen (secondary N) is 1. The molecule has 0 spiro atoms. The number of carbonyl (C=O) groups excluding carboxylic acids is 1. The van der Waals surface area contributed by atoms with E-state index in [4.69, 9.17) is 0 Å². The molecule has 3 heteroatoms. The molecule has 1 aliphatic heterocycles. The monoisotopic (exact) mass is 288 g/mol. The van der Waals surface area contributed by atoms with Crippen LogP contribution >= 0.6 is 0 Å². The minimum atomic E-state index is 0.235. The van der Waals surface area contributed by atoms with Crippen LogP contribution < -0.4 is 5.32 Å².